The molecule has 1 aromatic heterocycles. The lowest BCUT2D eigenvalue weighted by molar-refractivity contribution is 0.0925. The van der Waals surface area contributed by atoms with Gasteiger partial charge in [-0.15, -0.1) is 0 Å². The highest BCUT2D eigenvalue weighted by Gasteiger charge is 2.13. The second-order valence-corrected chi connectivity index (χ2v) is 4.83. The van der Waals surface area contributed by atoms with Crippen molar-refractivity contribution in [3.05, 3.63) is 53.6 Å². The number of nitrogens with one attached hydrogen (secondary N) is 2. The summed E-state index contributed by atoms with van der Waals surface area (Å²) in [4.78, 5) is 15.0. The van der Waals surface area contributed by atoms with E-state index in [9.17, 15) is 9.18 Å². The van der Waals surface area contributed by atoms with E-state index in [2.05, 4.69) is 10.3 Å². The summed E-state index contributed by atoms with van der Waals surface area (Å²) in [6.45, 7) is 4.17. The van der Waals surface area contributed by atoms with Crippen molar-refractivity contribution >= 4 is 5.91 Å². The maximum Gasteiger partial charge on any atom is 0.253 e. The van der Waals surface area contributed by atoms with Crippen molar-refractivity contribution in [2.75, 3.05) is 6.54 Å². The molecule has 1 amide bonds. The number of aryl methyl sites for hydroxylation is 1. The van der Waals surface area contributed by atoms with E-state index in [-0.39, 0.29) is 17.8 Å². The van der Waals surface area contributed by atoms with Crippen LogP contribution in [0.25, 0.3) is 0 Å². The standard InChI is InChI=1S/C16H19FN2O2/c1-3-13(21-14-6-4-5-12(17)9-14)10-19-16(20)15-7-8-18-11(15)2/h4-9,13,18H,3,10H2,1-2H3,(H,19,20)/t13-/m1/s1. The molecule has 0 fully saturated rings. The summed E-state index contributed by atoms with van der Waals surface area (Å²) in [5.74, 6) is -0.0155. The van der Waals surface area contributed by atoms with E-state index in [1.165, 1.54) is 12.1 Å². The van der Waals surface area contributed by atoms with Crippen LogP contribution in [0.2, 0.25) is 0 Å². The van der Waals surface area contributed by atoms with E-state index in [4.69, 9.17) is 4.74 Å². The number of hydrogen-bond donors (Lipinski definition) is 2. The minimum absolute atomic E-state index is 0.143. The monoisotopic (exact) mass is 290 g/mol. The summed E-state index contributed by atoms with van der Waals surface area (Å²) < 4.78 is 18.8. The van der Waals surface area contributed by atoms with Gasteiger partial charge in [-0.25, -0.2) is 4.39 Å². The zero-order chi connectivity index (χ0) is 15.2. The molecule has 0 saturated carbocycles. The number of carbonyl (C=O) groups excluding carboxylic acids is 1. The quantitative estimate of drug-likeness (QED) is 0.859. The molecule has 0 aliphatic carbocycles. The number of benzene rings is 1. The Morgan fingerprint density at radius 2 is 2.24 bits per heavy atom. The molecule has 0 aliphatic heterocycles. The predicted molar refractivity (Wildman–Crippen MR) is 79.0 cm³/mol. The van der Waals surface area contributed by atoms with Gasteiger partial charge in [0.25, 0.3) is 5.91 Å². The number of halogens is 1. The van der Waals surface area contributed by atoms with Crippen molar-refractivity contribution < 1.29 is 13.9 Å². The van der Waals surface area contributed by atoms with Crippen molar-refractivity contribution in [1.82, 2.24) is 10.3 Å². The zero-order valence-corrected chi connectivity index (χ0v) is 12.2. The highest BCUT2D eigenvalue weighted by Crippen LogP contribution is 2.15. The first-order chi connectivity index (χ1) is 10.1. The van der Waals surface area contributed by atoms with E-state index < -0.39 is 0 Å². The Labute approximate surface area is 123 Å². The third-order valence-corrected chi connectivity index (χ3v) is 3.24. The minimum atomic E-state index is -0.339. The summed E-state index contributed by atoms with van der Waals surface area (Å²) >= 11 is 0. The van der Waals surface area contributed by atoms with Crippen LogP contribution >= 0.6 is 0 Å². The number of aromatic amines is 1. The molecule has 2 rings (SSSR count). The topological polar surface area (TPSA) is 54.1 Å². The molecular formula is C16H19FN2O2. The molecule has 21 heavy (non-hydrogen) atoms. The predicted octanol–water partition coefficient (Wildman–Crippen LogP) is 3.05. The summed E-state index contributed by atoms with van der Waals surface area (Å²) in [5.41, 5.74) is 1.45. The molecule has 1 heterocycles. The lowest BCUT2D eigenvalue weighted by Gasteiger charge is -2.18. The molecule has 1 atom stereocenters. The molecule has 1 aromatic carbocycles. The molecular weight excluding hydrogens is 271 g/mol. The first kappa shape index (κ1) is 15.1. The number of aromatic nitrogens is 1. The smallest absolute Gasteiger partial charge is 0.253 e. The van der Waals surface area contributed by atoms with Crippen LogP contribution in [0.4, 0.5) is 4.39 Å². The fraction of sp³-hybridized carbons (Fsp3) is 0.312. The molecule has 2 aromatic rings. The van der Waals surface area contributed by atoms with Crippen LogP contribution in [0, 0.1) is 12.7 Å². The van der Waals surface area contributed by atoms with Crippen LogP contribution in [-0.2, 0) is 0 Å². The molecule has 4 nitrogen and oxygen atoms in total. The number of ether oxygens (including phenoxy) is 1. The Kier molecular flexibility index (Phi) is 4.98. The lowest BCUT2D eigenvalue weighted by atomic mass is 10.2. The Hall–Kier alpha value is -2.30. The van der Waals surface area contributed by atoms with Gasteiger partial charge in [0.1, 0.15) is 17.7 Å². The van der Waals surface area contributed by atoms with Crippen LogP contribution < -0.4 is 10.1 Å². The van der Waals surface area contributed by atoms with Crippen molar-refractivity contribution in [2.45, 2.75) is 26.4 Å². The normalized spacial score (nSPS) is 12.0. The van der Waals surface area contributed by atoms with Gasteiger partial charge in [0, 0.05) is 18.0 Å². The maximum absolute atomic E-state index is 13.1. The average molecular weight is 290 g/mol. The Morgan fingerprint density at radius 1 is 1.43 bits per heavy atom. The zero-order valence-electron chi connectivity index (χ0n) is 12.2. The van der Waals surface area contributed by atoms with Crippen LogP contribution in [0.5, 0.6) is 5.75 Å². The number of rotatable bonds is 6. The molecule has 0 radical (unpaired) electrons. The van der Waals surface area contributed by atoms with E-state index >= 15 is 0 Å². The molecule has 5 heteroatoms. The van der Waals surface area contributed by atoms with Gasteiger partial charge in [-0.2, -0.15) is 0 Å². The first-order valence-corrected chi connectivity index (χ1v) is 6.94. The van der Waals surface area contributed by atoms with Gasteiger partial charge in [0.15, 0.2) is 0 Å². The highest BCUT2D eigenvalue weighted by molar-refractivity contribution is 5.95. The van der Waals surface area contributed by atoms with Gasteiger partial charge >= 0.3 is 0 Å². The van der Waals surface area contributed by atoms with Crippen molar-refractivity contribution in [3.8, 4) is 5.75 Å². The molecule has 0 spiro atoms. The van der Waals surface area contributed by atoms with Gasteiger partial charge < -0.3 is 15.0 Å². The average Bonchev–Trinajstić information content (AvgIpc) is 2.89. The van der Waals surface area contributed by atoms with E-state index in [0.717, 1.165) is 5.69 Å². The third kappa shape index (κ3) is 4.08. The van der Waals surface area contributed by atoms with Crippen LogP contribution in [0.15, 0.2) is 36.5 Å². The van der Waals surface area contributed by atoms with Gasteiger partial charge in [0.05, 0.1) is 12.1 Å². The Balaban J connectivity index is 1.91. The molecule has 0 unspecified atom stereocenters. The SMILES string of the molecule is CC[C@H](CNC(=O)c1cc[nH]c1C)Oc1cccc(F)c1. The minimum Gasteiger partial charge on any atom is -0.489 e. The van der Waals surface area contributed by atoms with Crippen molar-refractivity contribution in [3.63, 3.8) is 0 Å². The number of amides is 1. The molecule has 112 valence electrons. The van der Waals surface area contributed by atoms with Crippen LogP contribution in [-0.4, -0.2) is 23.5 Å². The second-order valence-electron chi connectivity index (χ2n) is 4.83. The number of carbonyl (C=O) groups is 1. The van der Waals surface area contributed by atoms with E-state index in [1.54, 1.807) is 24.4 Å². The fourth-order valence-corrected chi connectivity index (χ4v) is 2.00. The van der Waals surface area contributed by atoms with Gasteiger partial charge in [0.2, 0.25) is 0 Å². The van der Waals surface area contributed by atoms with Crippen molar-refractivity contribution in [1.29, 1.82) is 0 Å². The van der Waals surface area contributed by atoms with Crippen LogP contribution in [0.1, 0.15) is 29.4 Å². The molecule has 0 bridgehead atoms. The summed E-state index contributed by atoms with van der Waals surface area (Å²) in [6, 6.07) is 7.73. The molecule has 0 saturated heterocycles. The number of H-pyrrole nitrogens is 1. The van der Waals surface area contributed by atoms with Gasteiger partial charge in [-0.3, -0.25) is 4.79 Å². The number of hydrogen-bond acceptors (Lipinski definition) is 2. The summed E-state index contributed by atoms with van der Waals surface area (Å²) in [6.07, 6.45) is 2.24. The van der Waals surface area contributed by atoms with E-state index in [1.807, 2.05) is 13.8 Å². The first-order valence-electron chi connectivity index (χ1n) is 6.94. The molecule has 2 N–H and O–H groups in total. The van der Waals surface area contributed by atoms with Crippen LogP contribution in [0.3, 0.4) is 0 Å². The Bertz CT molecular complexity index is 610. The largest absolute Gasteiger partial charge is 0.489 e. The Morgan fingerprint density at radius 3 is 2.86 bits per heavy atom. The highest BCUT2D eigenvalue weighted by atomic mass is 19.1. The van der Waals surface area contributed by atoms with Gasteiger partial charge in [-0.1, -0.05) is 13.0 Å². The maximum atomic E-state index is 13.1. The fourth-order valence-electron chi connectivity index (χ4n) is 2.00. The molecule has 0 aliphatic rings. The second kappa shape index (κ2) is 6.92. The van der Waals surface area contributed by atoms with Gasteiger partial charge in [-0.05, 0) is 31.5 Å². The summed E-state index contributed by atoms with van der Waals surface area (Å²) in [7, 11) is 0. The van der Waals surface area contributed by atoms with E-state index in [0.29, 0.717) is 24.3 Å². The van der Waals surface area contributed by atoms with Crippen molar-refractivity contribution in [2.24, 2.45) is 0 Å². The third-order valence-electron chi connectivity index (χ3n) is 3.24. The lowest BCUT2D eigenvalue weighted by Crippen LogP contribution is -2.35. The summed E-state index contributed by atoms with van der Waals surface area (Å²) in [5, 5.41) is 2.83.